The highest BCUT2D eigenvalue weighted by atomic mass is 32.1. The fraction of sp³-hybridized carbons (Fsp3) is 0.529. The summed E-state index contributed by atoms with van der Waals surface area (Å²) in [4.78, 5) is 19.3. The predicted octanol–water partition coefficient (Wildman–Crippen LogP) is 2.20. The van der Waals surface area contributed by atoms with Crippen molar-refractivity contribution in [3.8, 4) is 0 Å². The first-order valence-corrected chi connectivity index (χ1v) is 9.30. The maximum Gasteiger partial charge on any atom is 0.227 e. The normalized spacial score (nSPS) is 24.5. The molecule has 6 nitrogen and oxygen atoms in total. The van der Waals surface area contributed by atoms with Gasteiger partial charge in [0.2, 0.25) is 5.91 Å². The highest BCUT2D eigenvalue weighted by Gasteiger charge is 2.27. The van der Waals surface area contributed by atoms with Crippen LogP contribution in [0.1, 0.15) is 19.3 Å². The van der Waals surface area contributed by atoms with Crippen LogP contribution in [-0.4, -0.2) is 43.2 Å². The molecule has 7 heteroatoms. The molecular formula is C17H22N4O2S. The largest absolute Gasteiger partial charge is 0.378 e. The molecular weight excluding hydrogens is 324 g/mol. The molecule has 2 atom stereocenters. The van der Waals surface area contributed by atoms with Gasteiger partial charge in [0, 0.05) is 30.7 Å². The van der Waals surface area contributed by atoms with E-state index in [0.29, 0.717) is 0 Å². The van der Waals surface area contributed by atoms with E-state index in [2.05, 4.69) is 10.2 Å². The SMILES string of the molecule is NC1CCC(C(=O)Nc2ccc3nc(N4CCOCC4)sc3c2)C1. The third-order valence-electron chi connectivity index (χ3n) is 4.77. The molecule has 2 unspecified atom stereocenters. The number of carbonyl (C=O) groups excluding carboxylic acids is 1. The molecule has 0 spiro atoms. The van der Waals surface area contributed by atoms with E-state index in [-0.39, 0.29) is 17.9 Å². The van der Waals surface area contributed by atoms with E-state index in [9.17, 15) is 4.79 Å². The third-order valence-corrected chi connectivity index (χ3v) is 5.85. The van der Waals surface area contributed by atoms with Gasteiger partial charge in [-0.1, -0.05) is 11.3 Å². The van der Waals surface area contributed by atoms with Gasteiger partial charge >= 0.3 is 0 Å². The second kappa shape index (κ2) is 6.66. The summed E-state index contributed by atoms with van der Waals surface area (Å²) >= 11 is 1.67. The van der Waals surface area contributed by atoms with Crippen LogP contribution in [0.5, 0.6) is 0 Å². The van der Waals surface area contributed by atoms with Crippen molar-refractivity contribution in [1.29, 1.82) is 0 Å². The van der Waals surface area contributed by atoms with Gasteiger partial charge in [0.05, 0.1) is 23.4 Å². The zero-order valence-corrected chi connectivity index (χ0v) is 14.3. The summed E-state index contributed by atoms with van der Waals surface area (Å²) in [5.74, 6) is 0.126. The molecule has 2 aliphatic rings. The van der Waals surface area contributed by atoms with Crippen molar-refractivity contribution in [1.82, 2.24) is 4.98 Å². The molecule has 2 aromatic rings. The van der Waals surface area contributed by atoms with Crippen molar-refractivity contribution in [2.24, 2.45) is 11.7 Å². The number of hydrogen-bond donors (Lipinski definition) is 2. The standard InChI is InChI=1S/C17H22N4O2S/c18-12-2-1-11(9-12)16(22)19-13-3-4-14-15(10-13)24-17(20-14)21-5-7-23-8-6-21/h3-4,10-12H,1-2,5-9,18H2,(H,19,22). The van der Waals surface area contributed by atoms with Crippen molar-refractivity contribution in [2.75, 3.05) is 36.5 Å². The minimum absolute atomic E-state index is 0.0427. The summed E-state index contributed by atoms with van der Waals surface area (Å²) < 4.78 is 6.49. The summed E-state index contributed by atoms with van der Waals surface area (Å²) in [6.07, 6.45) is 2.61. The molecule has 1 amide bonds. The lowest BCUT2D eigenvalue weighted by atomic mass is 10.1. The maximum absolute atomic E-state index is 12.3. The molecule has 1 aromatic carbocycles. The van der Waals surface area contributed by atoms with E-state index in [1.807, 2.05) is 18.2 Å². The molecule has 4 rings (SSSR count). The number of carbonyl (C=O) groups is 1. The number of aromatic nitrogens is 1. The molecule has 2 heterocycles. The zero-order chi connectivity index (χ0) is 16.5. The van der Waals surface area contributed by atoms with E-state index < -0.39 is 0 Å². The quantitative estimate of drug-likeness (QED) is 0.890. The Hall–Kier alpha value is -1.70. The van der Waals surface area contributed by atoms with Gasteiger partial charge in [-0.25, -0.2) is 4.98 Å². The fourth-order valence-corrected chi connectivity index (χ4v) is 4.44. The molecule has 1 aliphatic carbocycles. The lowest BCUT2D eigenvalue weighted by Gasteiger charge is -2.25. The summed E-state index contributed by atoms with van der Waals surface area (Å²) in [6.45, 7) is 3.26. The molecule has 0 radical (unpaired) electrons. The number of fused-ring (bicyclic) bond motifs is 1. The van der Waals surface area contributed by atoms with Gasteiger partial charge in [0.25, 0.3) is 0 Å². The highest BCUT2D eigenvalue weighted by molar-refractivity contribution is 7.22. The summed E-state index contributed by atoms with van der Waals surface area (Å²) in [6, 6.07) is 6.09. The van der Waals surface area contributed by atoms with Crippen molar-refractivity contribution < 1.29 is 9.53 Å². The Kier molecular flexibility index (Phi) is 4.39. The molecule has 24 heavy (non-hydrogen) atoms. The summed E-state index contributed by atoms with van der Waals surface area (Å²) in [7, 11) is 0. The van der Waals surface area contributed by atoms with Gasteiger partial charge in [0.15, 0.2) is 5.13 Å². The molecule has 3 N–H and O–H groups in total. The zero-order valence-electron chi connectivity index (χ0n) is 13.5. The van der Waals surface area contributed by atoms with Crippen LogP contribution in [0.25, 0.3) is 10.2 Å². The van der Waals surface area contributed by atoms with Gasteiger partial charge in [-0.05, 0) is 37.5 Å². The van der Waals surface area contributed by atoms with Crippen molar-refractivity contribution >= 4 is 38.3 Å². The second-order valence-corrected chi connectivity index (χ2v) is 7.55. The number of nitrogens with two attached hydrogens (primary N) is 1. The van der Waals surface area contributed by atoms with E-state index in [4.69, 9.17) is 15.5 Å². The molecule has 2 fully saturated rings. The first kappa shape index (κ1) is 15.8. The number of hydrogen-bond acceptors (Lipinski definition) is 6. The molecule has 0 bridgehead atoms. The summed E-state index contributed by atoms with van der Waals surface area (Å²) in [5, 5.41) is 4.06. The number of ether oxygens (including phenoxy) is 1. The van der Waals surface area contributed by atoms with Gasteiger partial charge < -0.3 is 20.7 Å². The number of amides is 1. The van der Waals surface area contributed by atoms with Gasteiger partial charge in [-0.2, -0.15) is 0 Å². The monoisotopic (exact) mass is 346 g/mol. The van der Waals surface area contributed by atoms with Crippen LogP contribution < -0.4 is 16.0 Å². The van der Waals surface area contributed by atoms with E-state index in [1.54, 1.807) is 11.3 Å². The number of thiazole rings is 1. The first-order valence-electron chi connectivity index (χ1n) is 8.49. The minimum Gasteiger partial charge on any atom is -0.378 e. The summed E-state index contributed by atoms with van der Waals surface area (Å²) in [5.41, 5.74) is 7.72. The average Bonchev–Trinajstić information content (AvgIpc) is 3.21. The molecule has 1 saturated heterocycles. The predicted molar refractivity (Wildman–Crippen MR) is 96.6 cm³/mol. The number of anilines is 2. The number of morpholine rings is 1. The number of rotatable bonds is 3. The Morgan fingerprint density at radius 3 is 2.92 bits per heavy atom. The highest BCUT2D eigenvalue weighted by Crippen LogP contribution is 2.32. The van der Waals surface area contributed by atoms with Gasteiger partial charge in [-0.3, -0.25) is 4.79 Å². The molecule has 1 saturated carbocycles. The minimum atomic E-state index is 0.0427. The van der Waals surface area contributed by atoms with Crippen molar-refractivity contribution in [2.45, 2.75) is 25.3 Å². The molecule has 128 valence electrons. The van der Waals surface area contributed by atoms with E-state index >= 15 is 0 Å². The second-order valence-electron chi connectivity index (χ2n) is 6.54. The first-order chi connectivity index (χ1) is 11.7. The molecule has 1 aliphatic heterocycles. The van der Waals surface area contributed by atoms with E-state index in [0.717, 1.165) is 66.6 Å². The molecule has 1 aromatic heterocycles. The number of benzene rings is 1. The van der Waals surface area contributed by atoms with Gasteiger partial charge in [-0.15, -0.1) is 0 Å². The maximum atomic E-state index is 12.3. The van der Waals surface area contributed by atoms with Crippen LogP contribution in [0.2, 0.25) is 0 Å². The Morgan fingerprint density at radius 2 is 2.17 bits per heavy atom. The fourth-order valence-electron chi connectivity index (χ4n) is 3.38. The van der Waals surface area contributed by atoms with Crippen molar-refractivity contribution in [3.63, 3.8) is 0 Å². The van der Waals surface area contributed by atoms with Crippen LogP contribution in [0.4, 0.5) is 10.8 Å². The van der Waals surface area contributed by atoms with Crippen molar-refractivity contribution in [3.05, 3.63) is 18.2 Å². The number of nitrogens with one attached hydrogen (secondary N) is 1. The van der Waals surface area contributed by atoms with Gasteiger partial charge in [0.1, 0.15) is 0 Å². The number of nitrogens with zero attached hydrogens (tertiary/aromatic N) is 2. The Bertz CT molecular complexity index is 741. The smallest absolute Gasteiger partial charge is 0.227 e. The average molecular weight is 346 g/mol. The third kappa shape index (κ3) is 3.24. The van der Waals surface area contributed by atoms with Crippen LogP contribution >= 0.6 is 11.3 Å². The lowest BCUT2D eigenvalue weighted by molar-refractivity contribution is -0.119. The van der Waals surface area contributed by atoms with Crippen LogP contribution in [0.3, 0.4) is 0 Å². The van der Waals surface area contributed by atoms with Crippen LogP contribution in [0.15, 0.2) is 18.2 Å². The van der Waals surface area contributed by atoms with Crippen LogP contribution in [-0.2, 0) is 9.53 Å². The Morgan fingerprint density at radius 1 is 1.33 bits per heavy atom. The van der Waals surface area contributed by atoms with Crippen LogP contribution in [0, 0.1) is 5.92 Å². The lowest BCUT2D eigenvalue weighted by Crippen LogP contribution is -2.36. The van der Waals surface area contributed by atoms with E-state index in [1.165, 1.54) is 0 Å². The Labute approximate surface area is 145 Å². The topological polar surface area (TPSA) is 80.5 Å². The Balaban J connectivity index is 1.49.